The van der Waals surface area contributed by atoms with Gasteiger partial charge in [0.15, 0.2) is 12.4 Å². The Morgan fingerprint density at radius 1 is 0.561 bits per heavy atom. The summed E-state index contributed by atoms with van der Waals surface area (Å²) in [4.78, 5) is 25.3. The fourth-order valence-corrected chi connectivity index (χ4v) is 5.84. The maximum Gasteiger partial charge on any atom is 0.306 e. The molecule has 0 radical (unpaired) electrons. The van der Waals surface area contributed by atoms with Crippen LogP contribution in [0.3, 0.4) is 0 Å². The summed E-state index contributed by atoms with van der Waals surface area (Å²) in [5.74, 6) is -0.902. The summed E-state index contributed by atoms with van der Waals surface area (Å²) < 4.78 is 22.1. The van der Waals surface area contributed by atoms with Crippen molar-refractivity contribution in [2.75, 3.05) is 19.8 Å². The molecule has 0 aromatic heterocycles. The Morgan fingerprint density at radius 3 is 1.61 bits per heavy atom. The van der Waals surface area contributed by atoms with Crippen molar-refractivity contribution in [2.24, 2.45) is 0 Å². The molecule has 0 spiro atoms. The lowest BCUT2D eigenvalue weighted by Crippen LogP contribution is -2.59. The van der Waals surface area contributed by atoms with Gasteiger partial charge in [-0.3, -0.25) is 9.59 Å². The van der Waals surface area contributed by atoms with Gasteiger partial charge in [-0.1, -0.05) is 131 Å². The van der Waals surface area contributed by atoms with E-state index in [1.165, 1.54) is 19.3 Å². The van der Waals surface area contributed by atoms with Gasteiger partial charge in [-0.2, -0.15) is 0 Å². The molecule has 1 heterocycles. The zero-order valence-corrected chi connectivity index (χ0v) is 35.0. The number of allylic oxidation sites excluding steroid dienone is 14. The van der Waals surface area contributed by atoms with E-state index in [0.717, 1.165) is 83.5 Å². The molecule has 10 nitrogen and oxygen atoms in total. The van der Waals surface area contributed by atoms with E-state index in [1.54, 1.807) is 0 Å². The summed E-state index contributed by atoms with van der Waals surface area (Å²) in [7, 11) is 0. The van der Waals surface area contributed by atoms with Crippen molar-refractivity contribution in [1.29, 1.82) is 0 Å². The van der Waals surface area contributed by atoms with Crippen LogP contribution in [-0.2, 0) is 28.5 Å². The van der Waals surface area contributed by atoms with Gasteiger partial charge in [0.25, 0.3) is 0 Å². The van der Waals surface area contributed by atoms with E-state index in [0.29, 0.717) is 12.8 Å². The van der Waals surface area contributed by atoms with Crippen LogP contribution >= 0.6 is 0 Å². The SMILES string of the molecule is CC/C=C/C/C=C/C/C=C/CCCCCCCC(=O)O[C@@H](COC(=O)CCC/C=C/C/C=C/C/C=C/C/C=C/CCCCC)CO[C@H]1O[C@@H](CO)[C@@H](O)C(O)C1O. The third-order valence-electron chi connectivity index (χ3n) is 9.26. The van der Waals surface area contributed by atoms with Gasteiger partial charge in [0.05, 0.1) is 13.2 Å². The molecular formula is C47H76O10. The van der Waals surface area contributed by atoms with Gasteiger partial charge < -0.3 is 39.4 Å². The van der Waals surface area contributed by atoms with E-state index < -0.39 is 55.4 Å². The Hall–Kier alpha value is -3.12. The molecule has 0 aromatic rings. The second kappa shape index (κ2) is 37.2. The number of carbonyl (C=O) groups is 2. The van der Waals surface area contributed by atoms with Crippen molar-refractivity contribution in [3.63, 3.8) is 0 Å². The van der Waals surface area contributed by atoms with Crippen molar-refractivity contribution in [2.45, 2.75) is 179 Å². The number of rotatable bonds is 34. The molecule has 0 bridgehead atoms. The second-order valence-electron chi connectivity index (χ2n) is 14.4. The van der Waals surface area contributed by atoms with Gasteiger partial charge in [-0.05, 0) is 83.5 Å². The molecule has 10 heteroatoms. The predicted molar refractivity (Wildman–Crippen MR) is 228 cm³/mol. The van der Waals surface area contributed by atoms with Gasteiger partial charge in [-0.15, -0.1) is 0 Å². The zero-order chi connectivity index (χ0) is 41.6. The number of aliphatic hydroxyl groups excluding tert-OH is 4. The minimum atomic E-state index is -1.61. The van der Waals surface area contributed by atoms with E-state index in [9.17, 15) is 30.0 Å². The topological polar surface area (TPSA) is 152 Å². The first-order valence-electron chi connectivity index (χ1n) is 21.7. The number of aliphatic hydroxyl groups is 4. The Balaban J connectivity index is 2.41. The number of hydrogen-bond donors (Lipinski definition) is 4. The lowest BCUT2D eigenvalue weighted by atomic mass is 9.99. The van der Waals surface area contributed by atoms with Crippen molar-refractivity contribution < 1.29 is 49.0 Å². The van der Waals surface area contributed by atoms with Crippen LogP contribution in [-0.4, -0.2) is 89.0 Å². The molecule has 324 valence electrons. The number of esters is 2. The van der Waals surface area contributed by atoms with Gasteiger partial charge in [-0.25, -0.2) is 0 Å². The van der Waals surface area contributed by atoms with Crippen LogP contribution in [0, 0.1) is 0 Å². The minimum absolute atomic E-state index is 0.191. The molecule has 1 rings (SSSR count). The first-order valence-corrected chi connectivity index (χ1v) is 21.7. The Kier molecular flexibility index (Phi) is 33.8. The van der Waals surface area contributed by atoms with Crippen LogP contribution in [0.1, 0.15) is 142 Å². The van der Waals surface area contributed by atoms with E-state index in [2.05, 4.69) is 92.8 Å². The molecule has 4 N–H and O–H groups in total. The summed E-state index contributed by atoms with van der Waals surface area (Å²) in [5.41, 5.74) is 0. The summed E-state index contributed by atoms with van der Waals surface area (Å²) in [6, 6.07) is 0. The molecule has 0 amide bonds. The average Bonchev–Trinajstić information content (AvgIpc) is 3.21. The maximum atomic E-state index is 12.7. The average molecular weight is 801 g/mol. The third-order valence-corrected chi connectivity index (χ3v) is 9.26. The molecule has 1 saturated heterocycles. The smallest absolute Gasteiger partial charge is 0.306 e. The van der Waals surface area contributed by atoms with Gasteiger partial charge >= 0.3 is 11.9 Å². The van der Waals surface area contributed by atoms with Crippen LogP contribution in [0.2, 0.25) is 0 Å². The standard InChI is InChI=1S/C47H76O10/c1-3-5-7-9-11-13-15-17-19-20-22-23-25-27-29-31-33-35-42(49)54-38-40(39-55-47-46(53)45(52)44(51)41(37-48)57-47)56-43(50)36-34-32-30-28-26-24-21-18-16-14-12-10-8-6-4-2/h6,8,11-14,17-19,21-23,27,29,40-41,44-48,51-53H,3-5,7,9-10,15-16,20,24-26,28,30-39H2,1-2H3/b8-6+,13-11+,14-12+,19-17+,21-18+,23-22+,29-27+/t40-,41-,44+,45?,46?,47-/m0/s1. The first-order chi connectivity index (χ1) is 27.8. The Morgan fingerprint density at radius 2 is 1.05 bits per heavy atom. The zero-order valence-electron chi connectivity index (χ0n) is 35.0. The number of ether oxygens (including phenoxy) is 4. The number of unbranched alkanes of at least 4 members (excludes halogenated alkanes) is 9. The fourth-order valence-electron chi connectivity index (χ4n) is 5.84. The largest absolute Gasteiger partial charge is 0.462 e. The molecule has 2 unspecified atom stereocenters. The lowest BCUT2D eigenvalue weighted by molar-refractivity contribution is -0.305. The summed E-state index contributed by atoms with van der Waals surface area (Å²) >= 11 is 0. The van der Waals surface area contributed by atoms with Crippen LogP contribution in [0.5, 0.6) is 0 Å². The molecular weight excluding hydrogens is 725 g/mol. The van der Waals surface area contributed by atoms with E-state index in [-0.39, 0.29) is 26.1 Å². The van der Waals surface area contributed by atoms with E-state index in [1.807, 2.05) is 6.08 Å². The van der Waals surface area contributed by atoms with Crippen LogP contribution in [0.25, 0.3) is 0 Å². The quantitative estimate of drug-likeness (QED) is 0.0282. The molecule has 1 aliphatic heterocycles. The summed E-state index contributed by atoms with van der Waals surface area (Å²) in [6.45, 7) is 3.18. The summed E-state index contributed by atoms with van der Waals surface area (Å²) in [6.07, 6.45) is 40.2. The predicted octanol–water partition coefficient (Wildman–Crippen LogP) is 8.99. The van der Waals surface area contributed by atoms with Crippen molar-refractivity contribution in [3.05, 3.63) is 85.1 Å². The monoisotopic (exact) mass is 801 g/mol. The van der Waals surface area contributed by atoms with Gasteiger partial charge in [0, 0.05) is 12.8 Å². The highest BCUT2D eigenvalue weighted by molar-refractivity contribution is 5.70. The van der Waals surface area contributed by atoms with Crippen molar-refractivity contribution >= 4 is 11.9 Å². The van der Waals surface area contributed by atoms with Crippen LogP contribution in [0.4, 0.5) is 0 Å². The molecule has 0 aromatic carbocycles. The van der Waals surface area contributed by atoms with E-state index in [4.69, 9.17) is 18.9 Å². The molecule has 1 fully saturated rings. The highest BCUT2D eigenvalue weighted by Crippen LogP contribution is 2.22. The fraction of sp³-hybridized carbons (Fsp3) is 0.660. The molecule has 6 atom stereocenters. The Labute approximate surface area is 344 Å². The highest BCUT2D eigenvalue weighted by Gasteiger charge is 2.44. The van der Waals surface area contributed by atoms with Crippen LogP contribution < -0.4 is 0 Å². The van der Waals surface area contributed by atoms with Gasteiger partial charge in [0.1, 0.15) is 31.0 Å². The van der Waals surface area contributed by atoms with Crippen LogP contribution in [0.15, 0.2) is 85.1 Å². The molecule has 0 saturated carbocycles. The number of carbonyl (C=O) groups excluding carboxylic acids is 2. The molecule has 57 heavy (non-hydrogen) atoms. The highest BCUT2D eigenvalue weighted by atomic mass is 16.7. The molecule has 0 aliphatic carbocycles. The summed E-state index contributed by atoms with van der Waals surface area (Å²) in [5, 5.41) is 40.0. The van der Waals surface area contributed by atoms with Gasteiger partial charge in [0.2, 0.25) is 0 Å². The minimum Gasteiger partial charge on any atom is -0.462 e. The van der Waals surface area contributed by atoms with Crippen molar-refractivity contribution in [3.8, 4) is 0 Å². The first kappa shape index (κ1) is 51.9. The maximum absolute atomic E-state index is 12.7. The van der Waals surface area contributed by atoms with Crippen molar-refractivity contribution in [1.82, 2.24) is 0 Å². The number of hydrogen-bond acceptors (Lipinski definition) is 10. The second-order valence-corrected chi connectivity index (χ2v) is 14.4. The third kappa shape index (κ3) is 28.9. The van der Waals surface area contributed by atoms with E-state index >= 15 is 0 Å². The normalized spacial score (nSPS) is 21.1. The lowest BCUT2D eigenvalue weighted by Gasteiger charge is -2.39. The molecule has 1 aliphatic rings. The Bertz CT molecular complexity index is 1200.